The summed E-state index contributed by atoms with van der Waals surface area (Å²) in [7, 11) is 0. The summed E-state index contributed by atoms with van der Waals surface area (Å²) in [4.78, 5) is 41.3. The Hall–Kier alpha value is -3.04. The maximum atomic E-state index is 11.0. The first-order chi connectivity index (χ1) is 8.73. The van der Waals surface area contributed by atoms with Crippen LogP contribution in [-0.4, -0.2) is 26.8 Å². The van der Waals surface area contributed by atoms with E-state index in [9.17, 15) is 29.8 Å². The van der Waals surface area contributed by atoms with Crippen LogP contribution in [0.15, 0.2) is 12.1 Å². The van der Waals surface area contributed by atoms with E-state index < -0.39 is 44.3 Å². The molecule has 1 amide bonds. The SMILES string of the molecule is CC(=O)Nc1cc([N+](=O)[O-])cc([N+](=O)[O-])c1C(=O)O. The van der Waals surface area contributed by atoms with Crippen molar-refractivity contribution in [1.82, 2.24) is 0 Å². The van der Waals surface area contributed by atoms with E-state index in [2.05, 4.69) is 0 Å². The minimum atomic E-state index is -1.68. The van der Waals surface area contributed by atoms with Crippen LogP contribution in [0.1, 0.15) is 17.3 Å². The van der Waals surface area contributed by atoms with E-state index in [-0.39, 0.29) is 0 Å². The lowest BCUT2D eigenvalue weighted by molar-refractivity contribution is -0.394. The van der Waals surface area contributed by atoms with Gasteiger partial charge in [-0.05, 0) is 0 Å². The number of nitrogens with zero attached hydrogens (tertiary/aromatic N) is 2. The zero-order valence-electron chi connectivity index (χ0n) is 9.45. The fourth-order valence-electron chi connectivity index (χ4n) is 1.37. The van der Waals surface area contributed by atoms with Crippen LogP contribution in [0.2, 0.25) is 0 Å². The van der Waals surface area contributed by atoms with Crippen molar-refractivity contribution in [3.8, 4) is 0 Å². The predicted molar refractivity (Wildman–Crippen MR) is 61.0 cm³/mol. The van der Waals surface area contributed by atoms with Crippen LogP contribution < -0.4 is 5.32 Å². The lowest BCUT2D eigenvalue weighted by Gasteiger charge is -2.07. The summed E-state index contributed by atoms with van der Waals surface area (Å²) >= 11 is 0. The number of nitro groups is 2. The number of carbonyl (C=O) groups excluding carboxylic acids is 1. The molecule has 10 heteroatoms. The summed E-state index contributed by atoms with van der Waals surface area (Å²) < 4.78 is 0. The number of carboxylic acids is 1. The number of hydrogen-bond acceptors (Lipinski definition) is 6. The Bertz CT molecular complexity index is 596. The summed E-state index contributed by atoms with van der Waals surface area (Å²) in [6.07, 6.45) is 0. The molecule has 100 valence electrons. The van der Waals surface area contributed by atoms with Gasteiger partial charge in [0.25, 0.3) is 11.4 Å². The van der Waals surface area contributed by atoms with Gasteiger partial charge in [0.15, 0.2) is 5.56 Å². The second-order valence-corrected chi connectivity index (χ2v) is 3.39. The molecule has 0 aliphatic carbocycles. The molecule has 1 aromatic rings. The number of anilines is 1. The summed E-state index contributed by atoms with van der Waals surface area (Å²) in [5, 5.41) is 32.3. The minimum Gasteiger partial charge on any atom is -0.477 e. The molecule has 0 saturated heterocycles. The first-order valence-electron chi connectivity index (χ1n) is 4.71. The number of carbonyl (C=O) groups is 2. The molecule has 19 heavy (non-hydrogen) atoms. The van der Waals surface area contributed by atoms with Gasteiger partial charge in [0.1, 0.15) is 0 Å². The molecule has 2 N–H and O–H groups in total. The van der Waals surface area contributed by atoms with Gasteiger partial charge < -0.3 is 10.4 Å². The van der Waals surface area contributed by atoms with Gasteiger partial charge in [0.05, 0.1) is 21.6 Å². The number of amides is 1. The maximum absolute atomic E-state index is 11.0. The Morgan fingerprint density at radius 1 is 1.21 bits per heavy atom. The van der Waals surface area contributed by atoms with Crippen molar-refractivity contribution < 1.29 is 24.5 Å². The summed E-state index contributed by atoms with van der Waals surface area (Å²) in [5.41, 5.74) is -2.97. The molecule has 0 atom stereocenters. The highest BCUT2D eigenvalue weighted by atomic mass is 16.6. The number of nitro benzene ring substituents is 2. The molecule has 0 bridgehead atoms. The summed E-state index contributed by atoms with van der Waals surface area (Å²) in [6, 6.07) is 1.27. The Kier molecular flexibility index (Phi) is 3.75. The Balaban J connectivity index is 3.64. The van der Waals surface area contributed by atoms with Crippen molar-refractivity contribution in [1.29, 1.82) is 0 Å². The lowest BCUT2D eigenvalue weighted by atomic mass is 10.1. The van der Waals surface area contributed by atoms with Crippen LogP contribution in [0.4, 0.5) is 17.1 Å². The van der Waals surface area contributed by atoms with Gasteiger partial charge in [0, 0.05) is 13.0 Å². The maximum Gasteiger partial charge on any atom is 0.344 e. The molecule has 1 rings (SSSR count). The van der Waals surface area contributed by atoms with E-state index in [0.717, 1.165) is 13.0 Å². The average molecular weight is 269 g/mol. The molecular weight excluding hydrogens is 262 g/mol. The number of rotatable bonds is 4. The zero-order chi connectivity index (χ0) is 14.7. The molecule has 0 aliphatic heterocycles. The number of aromatic carboxylic acids is 1. The second kappa shape index (κ2) is 5.08. The van der Waals surface area contributed by atoms with Crippen LogP contribution in [0.3, 0.4) is 0 Å². The molecule has 0 unspecified atom stereocenters. The van der Waals surface area contributed by atoms with Crippen LogP contribution in [0.5, 0.6) is 0 Å². The fourth-order valence-corrected chi connectivity index (χ4v) is 1.37. The van der Waals surface area contributed by atoms with Gasteiger partial charge in [-0.3, -0.25) is 25.0 Å². The third-order valence-electron chi connectivity index (χ3n) is 2.03. The van der Waals surface area contributed by atoms with Gasteiger partial charge >= 0.3 is 5.97 Å². The molecule has 10 nitrogen and oxygen atoms in total. The van der Waals surface area contributed by atoms with Crippen molar-refractivity contribution in [2.24, 2.45) is 0 Å². The smallest absolute Gasteiger partial charge is 0.344 e. The molecule has 0 aromatic heterocycles. The van der Waals surface area contributed by atoms with E-state index in [4.69, 9.17) is 5.11 Å². The first kappa shape index (κ1) is 14.0. The van der Waals surface area contributed by atoms with Crippen LogP contribution >= 0.6 is 0 Å². The molecule has 0 radical (unpaired) electrons. The zero-order valence-corrected chi connectivity index (χ0v) is 9.45. The monoisotopic (exact) mass is 269 g/mol. The number of nitrogens with one attached hydrogen (secondary N) is 1. The summed E-state index contributed by atoms with van der Waals surface area (Å²) in [6.45, 7) is 1.04. The molecule has 0 saturated carbocycles. The average Bonchev–Trinajstić information content (AvgIpc) is 2.26. The highest BCUT2D eigenvalue weighted by Gasteiger charge is 2.29. The van der Waals surface area contributed by atoms with Crippen molar-refractivity contribution in [2.45, 2.75) is 6.92 Å². The highest BCUT2D eigenvalue weighted by molar-refractivity contribution is 6.03. The van der Waals surface area contributed by atoms with Gasteiger partial charge in [-0.25, -0.2) is 4.79 Å². The van der Waals surface area contributed by atoms with Gasteiger partial charge in [-0.1, -0.05) is 0 Å². The summed E-state index contributed by atoms with van der Waals surface area (Å²) in [5.74, 6) is -2.39. The number of benzene rings is 1. The molecule has 0 aliphatic rings. The third-order valence-corrected chi connectivity index (χ3v) is 2.03. The van der Waals surface area contributed by atoms with E-state index in [0.29, 0.717) is 6.07 Å². The first-order valence-corrected chi connectivity index (χ1v) is 4.71. The minimum absolute atomic E-state index is 0.499. The largest absolute Gasteiger partial charge is 0.477 e. The van der Waals surface area contributed by atoms with Crippen LogP contribution in [0, 0.1) is 20.2 Å². The van der Waals surface area contributed by atoms with E-state index >= 15 is 0 Å². The van der Waals surface area contributed by atoms with Crippen molar-refractivity contribution in [2.75, 3.05) is 5.32 Å². The van der Waals surface area contributed by atoms with Gasteiger partial charge in [-0.15, -0.1) is 0 Å². The van der Waals surface area contributed by atoms with Crippen molar-refractivity contribution in [3.63, 3.8) is 0 Å². The molecule has 0 heterocycles. The lowest BCUT2D eigenvalue weighted by Crippen LogP contribution is -2.13. The Labute approximate surface area is 104 Å². The Morgan fingerprint density at radius 2 is 1.79 bits per heavy atom. The topological polar surface area (TPSA) is 153 Å². The standard InChI is InChI=1S/C9H7N3O7/c1-4(13)10-6-2-5(11(16)17)3-7(12(18)19)8(6)9(14)15/h2-3H,1H3,(H,10,13)(H,14,15). The number of hydrogen-bond donors (Lipinski definition) is 2. The van der Waals surface area contributed by atoms with Crippen LogP contribution in [-0.2, 0) is 4.79 Å². The highest BCUT2D eigenvalue weighted by Crippen LogP contribution is 2.32. The normalized spacial score (nSPS) is 9.74. The molecule has 0 spiro atoms. The quantitative estimate of drug-likeness (QED) is 0.614. The van der Waals surface area contributed by atoms with Crippen molar-refractivity contribution in [3.05, 3.63) is 37.9 Å². The fraction of sp³-hybridized carbons (Fsp3) is 0.111. The number of non-ortho nitro benzene ring substituents is 1. The molecular formula is C9H7N3O7. The van der Waals surface area contributed by atoms with Crippen LogP contribution in [0.25, 0.3) is 0 Å². The Morgan fingerprint density at radius 3 is 2.16 bits per heavy atom. The van der Waals surface area contributed by atoms with E-state index in [1.807, 2.05) is 5.32 Å². The van der Waals surface area contributed by atoms with E-state index in [1.165, 1.54) is 0 Å². The van der Waals surface area contributed by atoms with Crippen molar-refractivity contribution >= 4 is 28.9 Å². The molecule has 0 fully saturated rings. The van der Waals surface area contributed by atoms with Gasteiger partial charge in [0.2, 0.25) is 5.91 Å². The molecule has 1 aromatic carbocycles. The van der Waals surface area contributed by atoms with Gasteiger partial charge in [-0.2, -0.15) is 0 Å². The number of carboxylic acid groups (broad SMARTS) is 1. The second-order valence-electron chi connectivity index (χ2n) is 3.39. The predicted octanol–water partition coefficient (Wildman–Crippen LogP) is 1.16. The third kappa shape index (κ3) is 3.00. The van der Waals surface area contributed by atoms with E-state index in [1.54, 1.807) is 0 Å².